The van der Waals surface area contributed by atoms with Crippen molar-refractivity contribution >= 4 is 72.3 Å². The smallest absolute Gasteiger partial charge is 0.0623 e. The van der Waals surface area contributed by atoms with Crippen LogP contribution in [-0.4, -0.2) is 8.07 Å². The zero-order valence-electron chi connectivity index (χ0n) is 26.5. The van der Waals surface area contributed by atoms with Gasteiger partial charge in [-0.1, -0.05) is 153 Å². The molecule has 220 valence electrons. The summed E-state index contributed by atoms with van der Waals surface area (Å²) in [7, 11) is -1.91. The molecule has 0 atom stereocenters. The molecule has 1 aliphatic rings. The fourth-order valence-corrected chi connectivity index (χ4v) is 11.7. The standard InChI is InChI=1S/C46H32Si/c1-47(2)43-22-12-11-19-36(43)39-27-41-42(28-44(39)47)45(32-24-23-29-13-3-4-14-30(29)25-32)37-20-9-10-21-38(37)46(41)40-26-31-15-5-6-16-33(31)34-17-7-8-18-35(34)40/h3-28H,1-2H3. The van der Waals surface area contributed by atoms with Crippen LogP contribution in [-0.2, 0) is 0 Å². The third-order valence-corrected chi connectivity index (χ3v) is 14.3. The lowest BCUT2D eigenvalue weighted by atomic mass is 9.82. The molecule has 0 aliphatic carbocycles. The Morgan fingerprint density at radius 2 is 0.915 bits per heavy atom. The Hall–Kier alpha value is -5.50. The Morgan fingerprint density at radius 3 is 1.72 bits per heavy atom. The van der Waals surface area contributed by atoms with Gasteiger partial charge in [-0.3, -0.25) is 0 Å². The third kappa shape index (κ3) is 3.75. The fraction of sp³-hybridized carbons (Fsp3) is 0.0435. The first-order valence-corrected chi connectivity index (χ1v) is 19.6. The van der Waals surface area contributed by atoms with E-state index in [1.54, 1.807) is 5.19 Å². The van der Waals surface area contributed by atoms with Crippen molar-refractivity contribution in [3.05, 3.63) is 158 Å². The molecule has 9 aromatic carbocycles. The summed E-state index contributed by atoms with van der Waals surface area (Å²) in [5.41, 5.74) is 8.06. The molecule has 0 saturated carbocycles. The van der Waals surface area contributed by atoms with Crippen LogP contribution < -0.4 is 10.4 Å². The van der Waals surface area contributed by atoms with E-state index in [0.717, 1.165) is 0 Å². The van der Waals surface area contributed by atoms with Gasteiger partial charge in [-0.05, 0) is 116 Å². The second kappa shape index (κ2) is 9.75. The van der Waals surface area contributed by atoms with Crippen molar-refractivity contribution in [1.82, 2.24) is 0 Å². The molecule has 0 radical (unpaired) electrons. The highest BCUT2D eigenvalue weighted by Gasteiger charge is 2.38. The van der Waals surface area contributed by atoms with Crippen LogP contribution in [0.4, 0.5) is 0 Å². The van der Waals surface area contributed by atoms with Crippen molar-refractivity contribution in [3.8, 4) is 33.4 Å². The molecule has 0 nitrogen and oxygen atoms in total. The molecular formula is C46H32Si. The van der Waals surface area contributed by atoms with Crippen LogP contribution in [0.1, 0.15) is 0 Å². The summed E-state index contributed by atoms with van der Waals surface area (Å²) in [6, 6.07) is 59.4. The highest BCUT2D eigenvalue weighted by molar-refractivity contribution is 7.04. The highest BCUT2D eigenvalue weighted by Crippen LogP contribution is 2.48. The second-order valence-electron chi connectivity index (χ2n) is 13.7. The van der Waals surface area contributed by atoms with Crippen molar-refractivity contribution in [2.45, 2.75) is 13.1 Å². The summed E-state index contributed by atoms with van der Waals surface area (Å²) in [6.07, 6.45) is 0. The van der Waals surface area contributed by atoms with E-state index in [1.165, 1.54) is 92.4 Å². The second-order valence-corrected chi connectivity index (χ2v) is 18.0. The molecule has 0 bridgehead atoms. The first kappa shape index (κ1) is 26.7. The van der Waals surface area contributed by atoms with Crippen LogP contribution in [0.15, 0.2) is 158 Å². The predicted octanol–water partition coefficient (Wildman–Crippen LogP) is 11.6. The molecule has 0 N–H and O–H groups in total. The molecule has 1 heteroatoms. The van der Waals surface area contributed by atoms with E-state index in [0.29, 0.717) is 0 Å². The molecule has 0 fully saturated rings. The van der Waals surface area contributed by atoms with Gasteiger partial charge in [-0.15, -0.1) is 0 Å². The van der Waals surface area contributed by atoms with Crippen molar-refractivity contribution in [1.29, 1.82) is 0 Å². The van der Waals surface area contributed by atoms with E-state index >= 15 is 0 Å². The molecule has 9 aromatic rings. The van der Waals surface area contributed by atoms with Gasteiger partial charge in [0.1, 0.15) is 8.07 Å². The summed E-state index contributed by atoms with van der Waals surface area (Å²) in [6.45, 7) is 5.05. The summed E-state index contributed by atoms with van der Waals surface area (Å²) >= 11 is 0. The zero-order valence-corrected chi connectivity index (χ0v) is 27.5. The lowest BCUT2D eigenvalue weighted by molar-refractivity contribution is 1.69. The maximum atomic E-state index is 2.60. The number of hydrogen-bond donors (Lipinski definition) is 0. The molecule has 0 unspecified atom stereocenters. The first-order valence-electron chi connectivity index (χ1n) is 16.6. The fourth-order valence-electron chi connectivity index (χ4n) is 8.58. The van der Waals surface area contributed by atoms with Gasteiger partial charge in [0.2, 0.25) is 0 Å². The minimum Gasteiger partial charge on any atom is -0.0623 e. The lowest BCUT2D eigenvalue weighted by Gasteiger charge is -2.23. The molecule has 0 saturated heterocycles. The van der Waals surface area contributed by atoms with Gasteiger partial charge in [0.05, 0.1) is 0 Å². The van der Waals surface area contributed by atoms with Crippen molar-refractivity contribution < 1.29 is 0 Å². The number of fused-ring (bicyclic) bond motifs is 9. The summed E-state index contributed by atoms with van der Waals surface area (Å²) in [5, 5.41) is 16.1. The van der Waals surface area contributed by atoms with Gasteiger partial charge in [0.15, 0.2) is 0 Å². The number of rotatable bonds is 2. The third-order valence-electron chi connectivity index (χ3n) is 10.8. The Kier molecular flexibility index (Phi) is 5.54. The van der Waals surface area contributed by atoms with E-state index in [2.05, 4.69) is 171 Å². The first-order chi connectivity index (χ1) is 23.1. The molecule has 0 amide bonds. The molecule has 0 aromatic heterocycles. The predicted molar refractivity (Wildman–Crippen MR) is 207 cm³/mol. The van der Waals surface area contributed by atoms with E-state index in [4.69, 9.17) is 0 Å². The Morgan fingerprint density at radius 1 is 0.319 bits per heavy atom. The molecule has 10 rings (SSSR count). The van der Waals surface area contributed by atoms with Gasteiger partial charge in [0.25, 0.3) is 0 Å². The highest BCUT2D eigenvalue weighted by atomic mass is 28.3. The van der Waals surface area contributed by atoms with Crippen LogP contribution in [0, 0.1) is 0 Å². The van der Waals surface area contributed by atoms with Crippen LogP contribution in [0.2, 0.25) is 13.1 Å². The maximum Gasteiger partial charge on any atom is 0.113 e. The molecule has 1 aliphatic heterocycles. The van der Waals surface area contributed by atoms with Gasteiger partial charge in [0, 0.05) is 0 Å². The zero-order chi connectivity index (χ0) is 31.3. The van der Waals surface area contributed by atoms with Crippen LogP contribution in [0.5, 0.6) is 0 Å². The molecule has 47 heavy (non-hydrogen) atoms. The van der Waals surface area contributed by atoms with E-state index in [9.17, 15) is 0 Å². The van der Waals surface area contributed by atoms with Gasteiger partial charge in [-0.2, -0.15) is 0 Å². The van der Waals surface area contributed by atoms with E-state index < -0.39 is 8.07 Å². The number of benzene rings is 9. The van der Waals surface area contributed by atoms with Gasteiger partial charge in [-0.25, -0.2) is 0 Å². The molecular weight excluding hydrogens is 581 g/mol. The normalized spacial score (nSPS) is 13.5. The average Bonchev–Trinajstić information content (AvgIpc) is 3.34. The Labute approximate surface area is 275 Å². The maximum absolute atomic E-state index is 2.60. The SMILES string of the molecule is C[Si]1(C)c2ccccc2-c2cc3c(-c4cc5ccccc5c5ccccc45)c4ccccc4c(-c4ccc5ccccc5c4)c3cc21. The van der Waals surface area contributed by atoms with Crippen LogP contribution in [0.3, 0.4) is 0 Å². The Bertz CT molecular complexity index is 2770. The number of hydrogen-bond acceptors (Lipinski definition) is 0. The van der Waals surface area contributed by atoms with Crippen LogP contribution in [0.25, 0.3) is 87.2 Å². The van der Waals surface area contributed by atoms with Crippen molar-refractivity contribution in [2.24, 2.45) is 0 Å². The summed E-state index contributed by atoms with van der Waals surface area (Å²) in [5.74, 6) is 0. The summed E-state index contributed by atoms with van der Waals surface area (Å²) < 4.78 is 0. The minimum atomic E-state index is -1.91. The van der Waals surface area contributed by atoms with Gasteiger partial charge < -0.3 is 0 Å². The largest absolute Gasteiger partial charge is 0.113 e. The topological polar surface area (TPSA) is 0 Å². The van der Waals surface area contributed by atoms with Crippen LogP contribution >= 0.6 is 0 Å². The molecule has 0 spiro atoms. The average molecular weight is 613 g/mol. The monoisotopic (exact) mass is 612 g/mol. The van der Waals surface area contributed by atoms with E-state index in [1.807, 2.05) is 0 Å². The minimum absolute atomic E-state index is 1.27. The van der Waals surface area contributed by atoms with Crippen molar-refractivity contribution in [3.63, 3.8) is 0 Å². The Balaban J connectivity index is 1.43. The van der Waals surface area contributed by atoms with Crippen molar-refractivity contribution in [2.75, 3.05) is 0 Å². The quantitative estimate of drug-likeness (QED) is 0.103. The van der Waals surface area contributed by atoms with E-state index in [-0.39, 0.29) is 0 Å². The summed E-state index contributed by atoms with van der Waals surface area (Å²) in [4.78, 5) is 0. The lowest BCUT2D eigenvalue weighted by Crippen LogP contribution is -2.49. The van der Waals surface area contributed by atoms with Gasteiger partial charge >= 0.3 is 0 Å². The molecule has 1 heterocycles.